The van der Waals surface area contributed by atoms with E-state index in [0.717, 1.165) is 19.3 Å². The number of anilines is 2. The van der Waals surface area contributed by atoms with Crippen LogP contribution in [-0.2, 0) is 10.0 Å². The number of carbonyl (C=O) groups is 1. The molecule has 28 heavy (non-hydrogen) atoms. The lowest BCUT2D eigenvalue weighted by Crippen LogP contribution is -2.35. The third-order valence-electron chi connectivity index (χ3n) is 5.12. The molecule has 0 saturated carbocycles. The van der Waals surface area contributed by atoms with Crippen molar-refractivity contribution < 1.29 is 13.2 Å². The fraction of sp³-hybridized carbons (Fsp3) is 0.300. The Kier molecular flexibility index (Phi) is 4.89. The van der Waals surface area contributed by atoms with E-state index in [4.69, 9.17) is 11.6 Å². The Morgan fingerprint density at radius 1 is 1.14 bits per heavy atom. The van der Waals surface area contributed by atoms with Gasteiger partial charge in [-0.25, -0.2) is 0 Å². The minimum atomic E-state index is -3.87. The van der Waals surface area contributed by atoms with Crippen molar-refractivity contribution in [2.45, 2.75) is 30.6 Å². The summed E-state index contributed by atoms with van der Waals surface area (Å²) in [5.74, 6) is 0.182. The van der Waals surface area contributed by atoms with Gasteiger partial charge in [0.15, 0.2) is 0 Å². The normalized spacial score (nSPS) is 17.8. The Hall–Kier alpha value is -2.38. The SMILES string of the molecule is CN(C(=O)c1cc2c(cc1Cl)N1CCCCCC1=NS2(=O)=O)c1ccccc1. The van der Waals surface area contributed by atoms with Crippen molar-refractivity contribution in [3.63, 3.8) is 0 Å². The van der Waals surface area contributed by atoms with E-state index >= 15 is 0 Å². The topological polar surface area (TPSA) is 70.1 Å². The van der Waals surface area contributed by atoms with Gasteiger partial charge >= 0.3 is 0 Å². The molecule has 1 saturated heterocycles. The van der Waals surface area contributed by atoms with Crippen LogP contribution in [-0.4, -0.2) is 33.8 Å². The fourth-order valence-electron chi connectivity index (χ4n) is 3.61. The molecular formula is C20H20ClN3O3S. The average Bonchev–Trinajstić information content (AvgIpc) is 2.92. The maximum Gasteiger partial charge on any atom is 0.286 e. The van der Waals surface area contributed by atoms with Gasteiger partial charge in [0.05, 0.1) is 16.3 Å². The summed E-state index contributed by atoms with van der Waals surface area (Å²) in [6.45, 7) is 0.689. The molecule has 0 spiro atoms. The summed E-state index contributed by atoms with van der Waals surface area (Å²) < 4.78 is 29.6. The van der Waals surface area contributed by atoms with E-state index < -0.39 is 10.0 Å². The number of amides is 1. The smallest absolute Gasteiger partial charge is 0.286 e. The van der Waals surface area contributed by atoms with Gasteiger partial charge in [0.25, 0.3) is 15.9 Å². The number of rotatable bonds is 2. The summed E-state index contributed by atoms with van der Waals surface area (Å²) >= 11 is 6.44. The molecule has 0 atom stereocenters. The van der Waals surface area contributed by atoms with Crippen molar-refractivity contribution in [3.8, 4) is 0 Å². The van der Waals surface area contributed by atoms with Gasteiger partial charge in [-0.3, -0.25) is 4.79 Å². The Balaban J connectivity index is 1.79. The molecule has 0 radical (unpaired) electrons. The standard InChI is InChI=1S/C20H20ClN3O3S/c1-23(14-8-4-2-5-9-14)20(25)15-12-18-17(13-16(15)21)24-11-7-3-6-10-19(24)22-28(18,26)27/h2,4-5,8-9,12-13H,3,6-7,10-11H2,1H3. The lowest BCUT2D eigenvalue weighted by atomic mass is 10.1. The number of amidine groups is 1. The van der Waals surface area contributed by atoms with E-state index in [0.29, 0.717) is 30.2 Å². The van der Waals surface area contributed by atoms with E-state index in [-0.39, 0.29) is 21.4 Å². The monoisotopic (exact) mass is 417 g/mol. The number of benzene rings is 2. The second-order valence-electron chi connectivity index (χ2n) is 6.94. The molecule has 0 unspecified atom stereocenters. The van der Waals surface area contributed by atoms with Crippen LogP contribution in [0.2, 0.25) is 5.02 Å². The molecule has 2 aromatic carbocycles. The number of carbonyl (C=O) groups excluding carboxylic acids is 1. The van der Waals surface area contributed by atoms with Crippen LogP contribution in [0.4, 0.5) is 11.4 Å². The van der Waals surface area contributed by atoms with Crippen LogP contribution in [0, 0.1) is 0 Å². The van der Waals surface area contributed by atoms with Crippen molar-refractivity contribution in [2.75, 3.05) is 23.4 Å². The Labute approximate surface area is 169 Å². The second kappa shape index (κ2) is 7.22. The van der Waals surface area contributed by atoms with Gasteiger partial charge in [-0.05, 0) is 37.1 Å². The van der Waals surface area contributed by atoms with Crippen LogP contribution in [0.5, 0.6) is 0 Å². The molecule has 2 aliphatic heterocycles. The molecular weight excluding hydrogens is 398 g/mol. The fourth-order valence-corrected chi connectivity index (χ4v) is 5.11. The number of halogens is 1. The van der Waals surface area contributed by atoms with E-state index in [1.807, 2.05) is 23.1 Å². The lowest BCUT2D eigenvalue weighted by molar-refractivity contribution is 0.0993. The van der Waals surface area contributed by atoms with E-state index in [9.17, 15) is 13.2 Å². The summed E-state index contributed by atoms with van der Waals surface area (Å²) in [5, 5.41) is 0.229. The molecule has 0 N–H and O–H groups in total. The van der Waals surface area contributed by atoms with Gasteiger partial charge in [-0.2, -0.15) is 8.42 Å². The maximum absolute atomic E-state index is 13.0. The van der Waals surface area contributed by atoms with Crippen molar-refractivity contribution in [1.82, 2.24) is 0 Å². The van der Waals surface area contributed by atoms with Gasteiger partial charge < -0.3 is 9.80 Å². The molecule has 0 aliphatic carbocycles. The summed E-state index contributed by atoms with van der Waals surface area (Å²) in [7, 11) is -2.24. The second-order valence-corrected chi connectivity index (χ2v) is 8.92. The minimum absolute atomic E-state index is 0.0346. The highest BCUT2D eigenvalue weighted by Crippen LogP contribution is 2.38. The first-order valence-electron chi connectivity index (χ1n) is 9.16. The van der Waals surface area contributed by atoms with Gasteiger partial charge in [0.1, 0.15) is 10.7 Å². The summed E-state index contributed by atoms with van der Waals surface area (Å²) in [5.41, 5.74) is 1.34. The van der Waals surface area contributed by atoms with Gasteiger partial charge in [-0.1, -0.05) is 36.2 Å². The minimum Gasteiger partial charge on any atom is -0.328 e. The molecule has 2 heterocycles. The zero-order valence-corrected chi connectivity index (χ0v) is 17.0. The molecule has 0 aromatic heterocycles. The van der Waals surface area contributed by atoms with Crippen molar-refractivity contribution >= 4 is 44.7 Å². The van der Waals surface area contributed by atoms with E-state index in [2.05, 4.69) is 4.40 Å². The van der Waals surface area contributed by atoms with Crippen molar-refractivity contribution in [3.05, 3.63) is 53.1 Å². The molecule has 6 nitrogen and oxygen atoms in total. The van der Waals surface area contributed by atoms with Crippen LogP contribution >= 0.6 is 11.6 Å². The number of sulfonamides is 1. The molecule has 146 valence electrons. The van der Waals surface area contributed by atoms with Crippen LogP contribution in [0.25, 0.3) is 0 Å². The highest BCUT2D eigenvalue weighted by Gasteiger charge is 2.33. The first-order valence-corrected chi connectivity index (χ1v) is 11.0. The molecule has 2 aromatic rings. The molecule has 4 rings (SSSR count). The zero-order valence-electron chi connectivity index (χ0n) is 15.4. The Morgan fingerprint density at radius 3 is 2.64 bits per heavy atom. The molecule has 1 fully saturated rings. The van der Waals surface area contributed by atoms with Crippen LogP contribution in [0.15, 0.2) is 51.8 Å². The molecule has 2 aliphatic rings. The van der Waals surface area contributed by atoms with E-state index in [1.165, 1.54) is 11.0 Å². The molecule has 0 bridgehead atoms. The van der Waals surface area contributed by atoms with Crippen LogP contribution < -0.4 is 9.80 Å². The Morgan fingerprint density at radius 2 is 1.89 bits per heavy atom. The number of para-hydroxylation sites is 1. The van der Waals surface area contributed by atoms with Gasteiger partial charge in [0, 0.05) is 25.7 Å². The largest absolute Gasteiger partial charge is 0.328 e. The summed E-state index contributed by atoms with van der Waals surface area (Å²) in [6.07, 6.45) is 3.50. The highest BCUT2D eigenvalue weighted by molar-refractivity contribution is 7.90. The predicted octanol–water partition coefficient (Wildman–Crippen LogP) is 4.10. The number of nitrogens with zero attached hydrogens (tertiary/aromatic N) is 3. The van der Waals surface area contributed by atoms with Gasteiger partial charge in [0.2, 0.25) is 0 Å². The summed E-state index contributed by atoms with van der Waals surface area (Å²) in [4.78, 5) is 16.4. The van der Waals surface area contributed by atoms with Crippen molar-refractivity contribution in [1.29, 1.82) is 0 Å². The number of fused-ring (bicyclic) bond motifs is 3. The third kappa shape index (κ3) is 3.29. The van der Waals surface area contributed by atoms with Crippen LogP contribution in [0.3, 0.4) is 0 Å². The van der Waals surface area contributed by atoms with E-state index in [1.54, 1.807) is 25.2 Å². The van der Waals surface area contributed by atoms with Crippen LogP contribution in [0.1, 0.15) is 36.0 Å². The summed E-state index contributed by atoms with van der Waals surface area (Å²) in [6, 6.07) is 12.1. The lowest BCUT2D eigenvalue weighted by Gasteiger charge is -2.30. The van der Waals surface area contributed by atoms with Crippen molar-refractivity contribution in [2.24, 2.45) is 4.40 Å². The first-order chi connectivity index (χ1) is 13.4. The molecule has 8 heteroatoms. The number of hydrogen-bond acceptors (Lipinski definition) is 4. The first kappa shape index (κ1) is 19.0. The average molecular weight is 418 g/mol. The van der Waals surface area contributed by atoms with Gasteiger partial charge in [-0.15, -0.1) is 4.40 Å². The maximum atomic E-state index is 13.0. The zero-order chi connectivity index (χ0) is 19.9. The molecule has 1 amide bonds. The quantitative estimate of drug-likeness (QED) is 0.737. The number of hydrogen-bond donors (Lipinski definition) is 0. The highest BCUT2D eigenvalue weighted by atomic mass is 35.5. The third-order valence-corrected chi connectivity index (χ3v) is 6.76. The predicted molar refractivity (Wildman–Crippen MR) is 111 cm³/mol. The Bertz CT molecular complexity index is 1070.